The zero-order valence-electron chi connectivity index (χ0n) is 13.6. The van der Waals surface area contributed by atoms with Crippen LogP contribution in [0.15, 0.2) is 48.5 Å². The summed E-state index contributed by atoms with van der Waals surface area (Å²) in [4.78, 5) is 0. The fourth-order valence-electron chi connectivity index (χ4n) is 1.99. The molecule has 0 bridgehead atoms. The van der Waals surface area contributed by atoms with E-state index in [1.54, 1.807) is 7.11 Å². The Kier molecular flexibility index (Phi) is 6.23. The van der Waals surface area contributed by atoms with Gasteiger partial charge in [0.25, 0.3) is 0 Å². The Hall–Kier alpha value is -2.27. The average Bonchev–Trinajstić information content (AvgIpc) is 2.54. The Morgan fingerprint density at radius 3 is 2.57 bits per heavy atom. The molecule has 0 spiro atoms. The highest BCUT2D eigenvalue weighted by Crippen LogP contribution is 2.16. The monoisotopic (exact) mass is 330 g/mol. The van der Waals surface area contributed by atoms with Crippen molar-refractivity contribution >= 4 is 23.0 Å². The molecule has 122 valence electrons. The van der Waals surface area contributed by atoms with Crippen molar-refractivity contribution in [3.05, 3.63) is 54.1 Å². The normalized spacial score (nSPS) is 11.4. The summed E-state index contributed by atoms with van der Waals surface area (Å²) in [6.45, 7) is 4.60. The Morgan fingerprint density at radius 1 is 1.13 bits per heavy atom. The number of nitrogens with one attached hydrogen (secondary N) is 2. The van der Waals surface area contributed by atoms with Crippen molar-refractivity contribution in [3.63, 3.8) is 0 Å². The predicted octanol–water partition coefficient (Wildman–Crippen LogP) is 3.76. The first kappa shape index (κ1) is 17.1. The van der Waals surface area contributed by atoms with E-state index in [2.05, 4.69) is 17.6 Å². The van der Waals surface area contributed by atoms with E-state index in [1.807, 2.05) is 55.5 Å². The maximum Gasteiger partial charge on any atom is 0.171 e. The first-order chi connectivity index (χ1) is 11.1. The van der Waals surface area contributed by atoms with Gasteiger partial charge in [0.15, 0.2) is 5.11 Å². The molecule has 0 aliphatic heterocycles. The third-order valence-electron chi connectivity index (χ3n) is 3.23. The van der Waals surface area contributed by atoms with Gasteiger partial charge in [0.1, 0.15) is 18.1 Å². The molecule has 0 fully saturated rings. The molecule has 5 heteroatoms. The maximum absolute atomic E-state index is 5.74. The van der Waals surface area contributed by atoms with Gasteiger partial charge in [-0.05, 0) is 50.3 Å². The summed E-state index contributed by atoms with van der Waals surface area (Å²) < 4.78 is 10.9. The average molecular weight is 330 g/mol. The van der Waals surface area contributed by atoms with Crippen molar-refractivity contribution in [2.24, 2.45) is 0 Å². The van der Waals surface area contributed by atoms with E-state index < -0.39 is 0 Å². The first-order valence-corrected chi connectivity index (χ1v) is 7.88. The third kappa shape index (κ3) is 5.79. The molecular weight excluding hydrogens is 308 g/mol. The summed E-state index contributed by atoms with van der Waals surface area (Å²) in [5, 5.41) is 6.89. The second kappa shape index (κ2) is 8.39. The van der Waals surface area contributed by atoms with Crippen molar-refractivity contribution in [2.75, 3.05) is 19.0 Å². The van der Waals surface area contributed by atoms with Crippen molar-refractivity contribution in [2.45, 2.75) is 19.9 Å². The van der Waals surface area contributed by atoms with Crippen LogP contribution in [0.4, 0.5) is 5.69 Å². The quantitative estimate of drug-likeness (QED) is 0.790. The Bertz CT molecular complexity index is 644. The number of hydrogen-bond donors (Lipinski definition) is 2. The van der Waals surface area contributed by atoms with Gasteiger partial charge in [0.05, 0.1) is 13.2 Å². The number of ether oxygens (including phenoxy) is 2. The smallest absolute Gasteiger partial charge is 0.171 e. The molecule has 1 atom stereocenters. The van der Waals surface area contributed by atoms with Gasteiger partial charge in [-0.1, -0.05) is 23.8 Å². The molecule has 23 heavy (non-hydrogen) atoms. The van der Waals surface area contributed by atoms with Crippen LogP contribution in [0, 0.1) is 6.92 Å². The molecule has 0 saturated heterocycles. The number of benzene rings is 2. The van der Waals surface area contributed by atoms with E-state index in [9.17, 15) is 0 Å². The van der Waals surface area contributed by atoms with E-state index in [-0.39, 0.29) is 6.04 Å². The van der Waals surface area contributed by atoms with Crippen LogP contribution in [-0.4, -0.2) is 24.9 Å². The van der Waals surface area contributed by atoms with E-state index in [4.69, 9.17) is 21.7 Å². The van der Waals surface area contributed by atoms with Gasteiger partial charge in [-0.2, -0.15) is 0 Å². The second-order valence-electron chi connectivity index (χ2n) is 5.36. The molecule has 1 unspecified atom stereocenters. The first-order valence-electron chi connectivity index (χ1n) is 7.48. The molecule has 0 heterocycles. The Labute approximate surface area is 142 Å². The molecule has 0 aliphatic rings. The number of hydrogen-bond acceptors (Lipinski definition) is 3. The minimum atomic E-state index is 0.0851. The van der Waals surface area contributed by atoms with Crippen LogP contribution in [0.25, 0.3) is 0 Å². The number of anilines is 1. The lowest BCUT2D eigenvalue weighted by atomic mass is 10.2. The molecule has 2 rings (SSSR count). The molecule has 2 aromatic carbocycles. The number of thiocarbonyl (C=S) groups is 1. The summed E-state index contributed by atoms with van der Waals surface area (Å²) in [6, 6.07) is 15.7. The van der Waals surface area contributed by atoms with Crippen LogP contribution in [0.1, 0.15) is 12.5 Å². The molecule has 0 aliphatic carbocycles. The standard InChI is InChI=1S/C18H22N2O2S/c1-13-7-9-16(10-8-13)22-12-14(2)19-18(23)20-15-5-4-6-17(11-15)21-3/h4-11,14H,12H2,1-3H3,(H2,19,20,23). The number of aryl methyl sites for hydroxylation is 1. The second-order valence-corrected chi connectivity index (χ2v) is 5.76. The molecule has 0 saturated carbocycles. The van der Waals surface area contributed by atoms with Gasteiger partial charge in [-0.3, -0.25) is 0 Å². The highest BCUT2D eigenvalue weighted by Gasteiger charge is 2.06. The predicted molar refractivity (Wildman–Crippen MR) is 98.5 cm³/mol. The lowest BCUT2D eigenvalue weighted by Crippen LogP contribution is -2.39. The zero-order valence-corrected chi connectivity index (χ0v) is 14.4. The summed E-state index contributed by atoms with van der Waals surface area (Å²) in [5.74, 6) is 1.64. The van der Waals surface area contributed by atoms with E-state index in [0.29, 0.717) is 11.7 Å². The minimum absolute atomic E-state index is 0.0851. The van der Waals surface area contributed by atoms with Crippen molar-refractivity contribution in [1.29, 1.82) is 0 Å². The van der Waals surface area contributed by atoms with E-state index in [1.165, 1.54) is 5.56 Å². The van der Waals surface area contributed by atoms with Crippen molar-refractivity contribution < 1.29 is 9.47 Å². The zero-order chi connectivity index (χ0) is 16.7. The maximum atomic E-state index is 5.74. The fraction of sp³-hybridized carbons (Fsp3) is 0.278. The summed E-state index contributed by atoms with van der Waals surface area (Å²) in [5.41, 5.74) is 2.10. The van der Waals surface area contributed by atoms with Crippen molar-refractivity contribution in [3.8, 4) is 11.5 Å². The van der Waals surface area contributed by atoms with Gasteiger partial charge >= 0.3 is 0 Å². The van der Waals surface area contributed by atoms with Crippen LogP contribution in [0.5, 0.6) is 11.5 Å². The lowest BCUT2D eigenvalue weighted by Gasteiger charge is -2.18. The van der Waals surface area contributed by atoms with Gasteiger partial charge in [0, 0.05) is 11.8 Å². The van der Waals surface area contributed by atoms with Crippen LogP contribution >= 0.6 is 12.2 Å². The highest BCUT2D eigenvalue weighted by atomic mass is 32.1. The van der Waals surface area contributed by atoms with Gasteiger partial charge in [0.2, 0.25) is 0 Å². The highest BCUT2D eigenvalue weighted by molar-refractivity contribution is 7.80. The molecule has 4 nitrogen and oxygen atoms in total. The van der Waals surface area contributed by atoms with E-state index >= 15 is 0 Å². The molecule has 0 aromatic heterocycles. The lowest BCUT2D eigenvalue weighted by molar-refractivity contribution is 0.287. The number of rotatable bonds is 6. The Balaban J connectivity index is 1.78. The SMILES string of the molecule is COc1cccc(NC(=S)NC(C)COc2ccc(C)cc2)c1. The molecule has 0 radical (unpaired) electrons. The van der Waals surface area contributed by atoms with Gasteiger partial charge < -0.3 is 20.1 Å². The van der Waals surface area contributed by atoms with Gasteiger partial charge in [-0.25, -0.2) is 0 Å². The molecule has 2 aromatic rings. The largest absolute Gasteiger partial charge is 0.497 e. The van der Waals surface area contributed by atoms with Crippen LogP contribution < -0.4 is 20.1 Å². The van der Waals surface area contributed by atoms with Crippen molar-refractivity contribution in [1.82, 2.24) is 5.32 Å². The van der Waals surface area contributed by atoms with Crippen LogP contribution in [0.3, 0.4) is 0 Å². The summed E-state index contributed by atoms with van der Waals surface area (Å²) >= 11 is 5.32. The minimum Gasteiger partial charge on any atom is -0.497 e. The fourth-order valence-corrected chi connectivity index (χ4v) is 2.31. The summed E-state index contributed by atoms with van der Waals surface area (Å²) in [7, 11) is 1.64. The molecule has 0 amide bonds. The van der Waals surface area contributed by atoms with E-state index in [0.717, 1.165) is 17.2 Å². The molecular formula is C18H22N2O2S. The molecule has 2 N–H and O–H groups in total. The van der Waals surface area contributed by atoms with Gasteiger partial charge in [-0.15, -0.1) is 0 Å². The van der Waals surface area contributed by atoms with Crippen LogP contribution in [0.2, 0.25) is 0 Å². The topological polar surface area (TPSA) is 42.5 Å². The Morgan fingerprint density at radius 2 is 1.87 bits per heavy atom. The summed E-state index contributed by atoms with van der Waals surface area (Å²) in [6.07, 6.45) is 0. The van der Waals surface area contributed by atoms with Crippen LogP contribution in [-0.2, 0) is 0 Å². The third-order valence-corrected chi connectivity index (χ3v) is 3.45. The number of methoxy groups -OCH3 is 1.